The largest absolute Gasteiger partial charge is 0.357 e. The Balaban J connectivity index is 0.00000364. The molecular formula is C18H25FIN3O2S2. The van der Waals surface area contributed by atoms with E-state index < -0.39 is 15.7 Å². The number of nitrogens with one attached hydrogen (secondary N) is 2. The summed E-state index contributed by atoms with van der Waals surface area (Å²) in [6.07, 6.45) is 1.16. The van der Waals surface area contributed by atoms with Crippen molar-refractivity contribution in [3.8, 4) is 0 Å². The van der Waals surface area contributed by atoms with Gasteiger partial charge in [-0.15, -0.1) is 35.3 Å². The highest BCUT2D eigenvalue weighted by Gasteiger charge is 2.11. The normalized spacial score (nSPS) is 11.8. The monoisotopic (exact) mass is 525 g/mol. The first-order valence-corrected chi connectivity index (χ1v) is 11.2. The van der Waals surface area contributed by atoms with E-state index in [1.165, 1.54) is 28.0 Å². The highest BCUT2D eigenvalue weighted by molar-refractivity contribution is 14.0. The van der Waals surface area contributed by atoms with Crippen LogP contribution in [0.25, 0.3) is 0 Å². The average Bonchev–Trinajstić information content (AvgIpc) is 2.96. The van der Waals surface area contributed by atoms with Crippen LogP contribution in [0.2, 0.25) is 0 Å². The molecule has 0 aliphatic rings. The predicted octanol–water partition coefficient (Wildman–Crippen LogP) is 3.61. The molecule has 0 saturated heterocycles. The molecule has 0 spiro atoms. The van der Waals surface area contributed by atoms with Gasteiger partial charge in [0.15, 0.2) is 15.8 Å². The number of hydrogen-bond donors (Lipinski definition) is 2. The molecule has 0 atom stereocenters. The Bertz CT molecular complexity index is 882. The van der Waals surface area contributed by atoms with Crippen LogP contribution in [0.3, 0.4) is 0 Å². The number of hydrogen-bond acceptors (Lipinski definition) is 4. The van der Waals surface area contributed by atoms with Crippen LogP contribution in [0.4, 0.5) is 4.39 Å². The van der Waals surface area contributed by atoms with Crippen LogP contribution in [0.5, 0.6) is 0 Å². The Morgan fingerprint density at radius 1 is 1.19 bits per heavy atom. The van der Waals surface area contributed by atoms with Crippen molar-refractivity contribution in [1.29, 1.82) is 0 Å². The zero-order chi connectivity index (χ0) is 19.2. The molecule has 5 nitrogen and oxygen atoms in total. The van der Waals surface area contributed by atoms with Gasteiger partial charge in [0, 0.05) is 22.6 Å². The Hall–Kier alpha value is -1.20. The Labute approximate surface area is 181 Å². The molecular weight excluding hydrogens is 500 g/mol. The fraction of sp³-hybridized carbons (Fsp3) is 0.389. The lowest BCUT2D eigenvalue weighted by atomic mass is 10.1. The summed E-state index contributed by atoms with van der Waals surface area (Å²) < 4.78 is 36.8. The van der Waals surface area contributed by atoms with E-state index in [4.69, 9.17) is 0 Å². The van der Waals surface area contributed by atoms with E-state index in [0.717, 1.165) is 6.26 Å². The molecule has 0 saturated carbocycles. The number of thiophene rings is 1. The van der Waals surface area contributed by atoms with Crippen LogP contribution in [0.1, 0.15) is 27.8 Å². The van der Waals surface area contributed by atoms with E-state index >= 15 is 0 Å². The van der Waals surface area contributed by atoms with E-state index in [9.17, 15) is 12.8 Å². The smallest absolute Gasteiger partial charge is 0.191 e. The van der Waals surface area contributed by atoms with E-state index in [1.54, 1.807) is 11.3 Å². The topological polar surface area (TPSA) is 70.6 Å². The molecule has 27 heavy (non-hydrogen) atoms. The van der Waals surface area contributed by atoms with Gasteiger partial charge < -0.3 is 10.6 Å². The zero-order valence-electron chi connectivity index (χ0n) is 15.6. The molecule has 9 heteroatoms. The number of aryl methyl sites for hydroxylation is 1. The molecule has 150 valence electrons. The van der Waals surface area contributed by atoms with E-state index in [-0.39, 0.29) is 36.3 Å². The second-order valence-corrected chi connectivity index (χ2v) is 9.56. The third kappa shape index (κ3) is 8.56. The summed E-state index contributed by atoms with van der Waals surface area (Å²) in [6, 6.07) is 8.26. The molecule has 1 aromatic heterocycles. The van der Waals surface area contributed by atoms with Gasteiger partial charge in [0.1, 0.15) is 5.82 Å². The van der Waals surface area contributed by atoms with Crippen LogP contribution in [-0.2, 0) is 28.7 Å². The van der Waals surface area contributed by atoms with Crippen molar-refractivity contribution < 1.29 is 12.8 Å². The molecule has 0 amide bonds. The first-order chi connectivity index (χ1) is 12.3. The fourth-order valence-corrected chi connectivity index (χ4v) is 4.10. The highest BCUT2D eigenvalue weighted by atomic mass is 127. The second-order valence-electron chi connectivity index (χ2n) is 6.04. The molecule has 0 unspecified atom stereocenters. The molecule has 2 aromatic rings. The third-order valence-corrected chi connectivity index (χ3v) is 5.40. The maximum Gasteiger partial charge on any atom is 0.191 e. The Kier molecular flexibility index (Phi) is 9.68. The molecule has 0 aliphatic heterocycles. The minimum atomic E-state index is -3.21. The van der Waals surface area contributed by atoms with Gasteiger partial charge in [-0.1, -0.05) is 6.07 Å². The number of halogens is 2. The van der Waals surface area contributed by atoms with Crippen molar-refractivity contribution in [2.24, 2.45) is 4.99 Å². The number of guanidine groups is 1. The third-order valence-electron chi connectivity index (χ3n) is 3.56. The summed E-state index contributed by atoms with van der Waals surface area (Å²) in [6.45, 7) is 5.55. The molecule has 0 fully saturated rings. The van der Waals surface area contributed by atoms with E-state index in [0.29, 0.717) is 30.2 Å². The molecule has 0 aliphatic carbocycles. The zero-order valence-corrected chi connectivity index (χ0v) is 19.5. The second kappa shape index (κ2) is 11.0. The van der Waals surface area contributed by atoms with Gasteiger partial charge in [-0.25, -0.2) is 17.8 Å². The van der Waals surface area contributed by atoms with E-state index in [1.807, 2.05) is 6.92 Å². The molecule has 2 N–H and O–H groups in total. The predicted molar refractivity (Wildman–Crippen MR) is 121 cm³/mol. The summed E-state index contributed by atoms with van der Waals surface area (Å²) in [5, 5.41) is 6.38. The van der Waals surface area contributed by atoms with Gasteiger partial charge in [0.05, 0.1) is 18.8 Å². The molecule has 1 aromatic carbocycles. The molecule has 0 radical (unpaired) electrons. The van der Waals surface area contributed by atoms with Crippen molar-refractivity contribution >= 4 is 51.1 Å². The summed E-state index contributed by atoms with van der Waals surface area (Å²) >= 11 is 1.71. The van der Waals surface area contributed by atoms with Crippen LogP contribution >= 0.6 is 35.3 Å². The van der Waals surface area contributed by atoms with Crippen molar-refractivity contribution in [2.75, 3.05) is 12.8 Å². The van der Waals surface area contributed by atoms with Gasteiger partial charge in [-0.05, 0) is 49.2 Å². The van der Waals surface area contributed by atoms with Gasteiger partial charge in [-0.3, -0.25) is 0 Å². The number of sulfone groups is 1. The molecule has 2 rings (SSSR count). The quantitative estimate of drug-likeness (QED) is 0.329. The van der Waals surface area contributed by atoms with Crippen molar-refractivity contribution in [2.45, 2.75) is 32.7 Å². The lowest BCUT2D eigenvalue weighted by Gasteiger charge is -2.12. The maximum atomic E-state index is 13.6. The fourth-order valence-electron chi connectivity index (χ4n) is 2.42. The van der Waals surface area contributed by atoms with Gasteiger partial charge in [0.25, 0.3) is 0 Å². The highest BCUT2D eigenvalue weighted by Crippen LogP contribution is 2.16. The minimum absolute atomic E-state index is 0. The van der Waals surface area contributed by atoms with Gasteiger partial charge in [0.2, 0.25) is 0 Å². The molecule has 1 heterocycles. The molecule has 0 bridgehead atoms. The van der Waals surface area contributed by atoms with Crippen LogP contribution in [0.15, 0.2) is 35.3 Å². The number of benzene rings is 1. The summed E-state index contributed by atoms with van der Waals surface area (Å²) in [5.74, 6) is 0.0731. The number of aliphatic imine (C=N–C) groups is 1. The summed E-state index contributed by atoms with van der Waals surface area (Å²) in [7, 11) is -3.21. The average molecular weight is 525 g/mol. The van der Waals surface area contributed by atoms with Crippen molar-refractivity contribution in [1.82, 2.24) is 10.6 Å². The maximum absolute atomic E-state index is 13.6. The standard InChI is InChI=1S/C18H24FN3O2S2.HI/c1-4-20-18(22-11-17-8-5-13(2)25-17)21-10-15-9-16(19)7-6-14(15)12-26(3,23)24;/h5-9H,4,10-12H2,1-3H3,(H2,20,21,22);1H. The van der Waals surface area contributed by atoms with Crippen molar-refractivity contribution in [3.05, 3.63) is 57.0 Å². The SMILES string of the molecule is CCNC(=NCc1cc(F)ccc1CS(C)(=O)=O)NCc1ccc(C)s1.I. The van der Waals surface area contributed by atoms with Gasteiger partial charge in [-0.2, -0.15) is 0 Å². The first kappa shape index (κ1) is 23.8. The van der Waals surface area contributed by atoms with Crippen LogP contribution in [0, 0.1) is 12.7 Å². The summed E-state index contributed by atoms with van der Waals surface area (Å²) in [5.41, 5.74) is 1.14. The van der Waals surface area contributed by atoms with Crippen molar-refractivity contribution in [3.63, 3.8) is 0 Å². The van der Waals surface area contributed by atoms with Crippen LogP contribution < -0.4 is 10.6 Å². The Morgan fingerprint density at radius 3 is 2.52 bits per heavy atom. The van der Waals surface area contributed by atoms with Gasteiger partial charge >= 0.3 is 0 Å². The Morgan fingerprint density at radius 2 is 1.93 bits per heavy atom. The lowest BCUT2D eigenvalue weighted by Crippen LogP contribution is -2.36. The lowest BCUT2D eigenvalue weighted by molar-refractivity contribution is 0.600. The van der Waals surface area contributed by atoms with Crippen LogP contribution in [-0.4, -0.2) is 27.2 Å². The number of nitrogens with zero attached hydrogens (tertiary/aromatic N) is 1. The number of rotatable bonds is 7. The van der Waals surface area contributed by atoms with E-state index in [2.05, 4.69) is 34.7 Å². The minimum Gasteiger partial charge on any atom is -0.357 e. The first-order valence-electron chi connectivity index (χ1n) is 8.29. The summed E-state index contributed by atoms with van der Waals surface area (Å²) in [4.78, 5) is 6.91.